The summed E-state index contributed by atoms with van der Waals surface area (Å²) in [5.41, 5.74) is 5.72. The molecule has 0 radical (unpaired) electrons. The molecule has 1 aliphatic carbocycles. The van der Waals surface area contributed by atoms with Crippen LogP contribution in [0.15, 0.2) is 12.4 Å². The Bertz CT molecular complexity index is 198. The van der Waals surface area contributed by atoms with Crippen molar-refractivity contribution in [1.82, 2.24) is 9.97 Å². The third kappa shape index (κ3) is 0.650. The number of nitrogens with zero attached hydrogens (tertiary/aromatic N) is 1. The van der Waals surface area contributed by atoms with E-state index in [2.05, 4.69) is 9.97 Å². The Morgan fingerprint density at radius 3 is 2.89 bits per heavy atom. The monoisotopic (exact) mass is 123 g/mol. The lowest BCUT2D eigenvalue weighted by atomic mass is 10.3. The van der Waals surface area contributed by atoms with Crippen LogP contribution in [0.2, 0.25) is 0 Å². The second-order valence-corrected chi connectivity index (χ2v) is 2.59. The van der Waals surface area contributed by atoms with Gasteiger partial charge < -0.3 is 10.7 Å². The average molecular weight is 123 g/mol. The molecule has 1 aromatic heterocycles. The molecular formula is C6H9N3. The van der Waals surface area contributed by atoms with Gasteiger partial charge in [-0.05, 0) is 12.8 Å². The topological polar surface area (TPSA) is 54.7 Å². The number of hydrogen-bond acceptors (Lipinski definition) is 2. The third-order valence-electron chi connectivity index (χ3n) is 1.76. The Morgan fingerprint density at radius 1 is 1.67 bits per heavy atom. The van der Waals surface area contributed by atoms with Gasteiger partial charge in [-0.25, -0.2) is 4.98 Å². The molecule has 0 bridgehead atoms. The third-order valence-corrected chi connectivity index (χ3v) is 1.76. The molecule has 1 aliphatic rings. The summed E-state index contributed by atoms with van der Waals surface area (Å²) in [4.78, 5) is 7.07. The van der Waals surface area contributed by atoms with Gasteiger partial charge in [-0.2, -0.15) is 0 Å². The molecule has 0 saturated heterocycles. The maximum absolute atomic E-state index is 5.82. The maximum Gasteiger partial charge on any atom is 0.126 e. The Balaban J connectivity index is 2.34. The second kappa shape index (κ2) is 1.36. The van der Waals surface area contributed by atoms with Crippen LogP contribution >= 0.6 is 0 Å². The predicted molar refractivity (Wildman–Crippen MR) is 33.7 cm³/mol. The summed E-state index contributed by atoms with van der Waals surface area (Å²) < 4.78 is 0. The summed E-state index contributed by atoms with van der Waals surface area (Å²) in [5.74, 6) is 0.933. The molecular weight excluding hydrogens is 114 g/mol. The highest BCUT2D eigenvalue weighted by molar-refractivity contribution is 5.13. The Hall–Kier alpha value is -0.830. The van der Waals surface area contributed by atoms with E-state index in [0.717, 1.165) is 18.7 Å². The lowest BCUT2D eigenvalue weighted by Crippen LogP contribution is -2.20. The van der Waals surface area contributed by atoms with Crippen molar-refractivity contribution in [1.29, 1.82) is 0 Å². The number of aromatic amines is 1. The SMILES string of the molecule is NC1(c2ncc[nH]2)CC1. The van der Waals surface area contributed by atoms with Crippen LogP contribution in [-0.4, -0.2) is 9.97 Å². The van der Waals surface area contributed by atoms with Crippen LogP contribution in [0.3, 0.4) is 0 Å². The molecule has 0 unspecified atom stereocenters. The minimum atomic E-state index is -0.0938. The minimum Gasteiger partial charge on any atom is -0.347 e. The van der Waals surface area contributed by atoms with Gasteiger partial charge in [0.05, 0.1) is 5.54 Å². The molecule has 1 saturated carbocycles. The minimum absolute atomic E-state index is 0.0938. The lowest BCUT2D eigenvalue weighted by Gasteiger charge is -2.00. The summed E-state index contributed by atoms with van der Waals surface area (Å²) in [5, 5.41) is 0. The molecule has 0 aromatic carbocycles. The Morgan fingerprint density at radius 2 is 2.44 bits per heavy atom. The first kappa shape index (κ1) is 4.99. The van der Waals surface area contributed by atoms with E-state index >= 15 is 0 Å². The molecule has 3 nitrogen and oxygen atoms in total. The molecule has 3 heteroatoms. The van der Waals surface area contributed by atoms with Gasteiger partial charge in [0.15, 0.2) is 0 Å². The molecule has 9 heavy (non-hydrogen) atoms. The molecule has 0 aliphatic heterocycles. The zero-order valence-electron chi connectivity index (χ0n) is 5.09. The van der Waals surface area contributed by atoms with Gasteiger partial charge in [0, 0.05) is 12.4 Å². The first-order chi connectivity index (χ1) is 4.31. The molecule has 0 atom stereocenters. The smallest absolute Gasteiger partial charge is 0.126 e. The van der Waals surface area contributed by atoms with Gasteiger partial charge in [0.2, 0.25) is 0 Å². The van der Waals surface area contributed by atoms with Gasteiger partial charge in [0.25, 0.3) is 0 Å². The van der Waals surface area contributed by atoms with Crippen LogP contribution in [0.4, 0.5) is 0 Å². The number of aromatic nitrogens is 2. The molecule has 0 amide bonds. The van der Waals surface area contributed by atoms with Gasteiger partial charge in [-0.15, -0.1) is 0 Å². The van der Waals surface area contributed by atoms with E-state index in [1.807, 2.05) is 6.20 Å². The van der Waals surface area contributed by atoms with Gasteiger partial charge in [-0.1, -0.05) is 0 Å². The number of nitrogens with two attached hydrogens (primary N) is 1. The zero-order chi connectivity index (χ0) is 6.32. The van der Waals surface area contributed by atoms with Crippen molar-refractivity contribution >= 4 is 0 Å². The Labute approximate surface area is 53.3 Å². The number of nitrogens with one attached hydrogen (secondary N) is 1. The van der Waals surface area contributed by atoms with E-state index < -0.39 is 0 Å². The van der Waals surface area contributed by atoms with E-state index in [4.69, 9.17) is 5.73 Å². The van der Waals surface area contributed by atoms with Crippen molar-refractivity contribution in [3.8, 4) is 0 Å². The summed E-state index contributed by atoms with van der Waals surface area (Å²) in [6.45, 7) is 0. The molecule has 1 aromatic rings. The standard InChI is InChI=1S/C6H9N3/c7-6(1-2-6)5-8-3-4-9-5/h3-4H,1-2,7H2,(H,8,9). The van der Waals surface area contributed by atoms with Crippen LogP contribution in [-0.2, 0) is 5.54 Å². The molecule has 3 N–H and O–H groups in total. The van der Waals surface area contributed by atoms with Crippen LogP contribution < -0.4 is 5.73 Å². The number of imidazole rings is 1. The van der Waals surface area contributed by atoms with Crippen molar-refractivity contribution in [3.63, 3.8) is 0 Å². The average Bonchev–Trinajstić information content (AvgIpc) is 2.46. The fourth-order valence-electron chi connectivity index (χ4n) is 0.909. The molecule has 2 rings (SSSR count). The van der Waals surface area contributed by atoms with Gasteiger partial charge in [0.1, 0.15) is 5.82 Å². The zero-order valence-corrected chi connectivity index (χ0v) is 5.09. The van der Waals surface area contributed by atoms with Gasteiger partial charge >= 0.3 is 0 Å². The van der Waals surface area contributed by atoms with Crippen molar-refractivity contribution in [2.45, 2.75) is 18.4 Å². The normalized spacial score (nSPS) is 21.9. The van der Waals surface area contributed by atoms with Crippen molar-refractivity contribution in [3.05, 3.63) is 18.2 Å². The van der Waals surface area contributed by atoms with E-state index in [-0.39, 0.29) is 5.54 Å². The summed E-state index contributed by atoms with van der Waals surface area (Å²) >= 11 is 0. The van der Waals surface area contributed by atoms with Crippen molar-refractivity contribution in [2.75, 3.05) is 0 Å². The highest BCUT2D eigenvalue weighted by atomic mass is 15.0. The highest BCUT2D eigenvalue weighted by Crippen LogP contribution is 2.40. The fraction of sp³-hybridized carbons (Fsp3) is 0.500. The van der Waals surface area contributed by atoms with Crippen LogP contribution in [0.25, 0.3) is 0 Å². The van der Waals surface area contributed by atoms with Crippen LogP contribution in [0.1, 0.15) is 18.7 Å². The van der Waals surface area contributed by atoms with E-state index in [1.54, 1.807) is 6.20 Å². The van der Waals surface area contributed by atoms with Crippen molar-refractivity contribution in [2.24, 2.45) is 5.73 Å². The van der Waals surface area contributed by atoms with Crippen LogP contribution in [0, 0.1) is 0 Å². The largest absolute Gasteiger partial charge is 0.347 e. The molecule has 1 fully saturated rings. The number of hydrogen-bond donors (Lipinski definition) is 2. The highest BCUT2D eigenvalue weighted by Gasteiger charge is 2.42. The molecule has 48 valence electrons. The lowest BCUT2D eigenvalue weighted by molar-refractivity contribution is 0.685. The van der Waals surface area contributed by atoms with Gasteiger partial charge in [-0.3, -0.25) is 0 Å². The summed E-state index contributed by atoms with van der Waals surface area (Å²) in [7, 11) is 0. The fourth-order valence-corrected chi connectivity index (χ4v) is 0.909. The summed E-state index contributed by atoms with van der Waals surface area (Å²) in [6, 6.07) is 0. The molecule has 1 heterocycles. The van der Waals surface area contributed by atoms with E-state index in [1.165, 1.54) is 0 Å². The van der Waals surface area contributed by atoms with E-state index in [0.29, 0.717) is 0 Å². The molecule has 0 spiro atoms. The number of H-pyrrole nitrogens is 1. The first-order valence-electron chi connectivity index (χ1n) is 3.10. The maximum atomic E-state index is 5.82. The Kier molecular flexibility index (Phi) is 0.754. The summed E-state index contributed by atoms with van der Waals surface area (Å²) in [6.07, 6.45) is 5.69. The van der Waals surface area contributed by atoms with Crippen LogP contribution in [0.5, 0.6) is 0 Å². The number of rotatable bonds is 1. The quantitative estimate of drug-likeness (QED) is 0.566. The predicted octanol–water partition coefficient (Wildman–Crippen LogP) is 0.357. The first-order valence-corrected chi connectivity index (χ1v) is 3.10. The van der Waals surface area contributed by atoms with Crippen molar-refractivity contribution < 1.29 is 0 Å². The van der Waals surface area contributed by atoms with E-state index in [9.17, 15) is 0 Å². The second-order valence-electron chi connectivity index (χ2n) is 2.59.